The number of pyridine rings is 1. The Labute approximate surface area is 105 Å². The molecule has 0 N–H and O–H groups in total. The first kappa shape index (κ1) is 11.9. The lowest BCUT2D eigenvalue weighted by Crippen LogP contribution is -1.93. The Balaban J connectivity index is 2.23. The number of rotatable bonds is 4. The summed E-state index contributed by atoms with van der Waals surface area (Å²) >= 11 is 0. The van der Waals surface area contributed by atoms with Crippen molar-refractivity contribution in [3.63, 3.8) is 0 Å². The number of hydrogen-bond acceptors (Lipinski definition) is 4. The highest BCUT2D eigenvalue weighted by atomic mass is 16.5. The maximum absolute atomic E-state index is 8.94. The van der Waals surface area contributed by atoms with Crippen molar-refractivity contribution >= 4 is 0 Å². The molecular weight excluding hydrogens is 228 g/mol. The van der Waals surface area contributed by atoms with Crippen molar-refractivity contribution in [1.82, 2.24) is 4.98 Å². The van der Waals surface area contributed by atoms with Gasteiger partial charge in [-0.15, -0.1) is 0 Å². The second-order valence-corrected chi connectivity index (χ2v) is 3.48. The van der Waals surface area contributed by atoms with Gasteiger partial charge in [0, 0.05) is 12.3 Å². The van der Waals surface area contributed by atoms with Gasteiger partial charge in [0.1, 0.15) is 23.1 Å². The van der Waals surface area contributed by atoms with Gasteiger partial charge in [-0.05, 0) is 31.2 Å². The summed E-state index contributed by atoms with van der Waals surface area (Å²) in [5, 5.41) is 8.94. The van der Waals surface area contributed by atoms with E-state index in [2.05, 4.69) is 4.98 Å². The van der Waals surface area contributed by atoms with E-state index in [1.54, 1.807) is 30.5 Å². The summed E-state index contributed by atoms with van der Waals surface area (Å²) in [5.41, 5.74) is 0.402. The fourth-order valence-electron chi connectivity index (χ4n) is 1.46. The highest BCUT2D eigenvalue weighted by molar-refractivity contribution is 5.41. The lowest BCUT2D eigenvalue weighted by atomic mass is 10.3. The maximum atomic E-state index is 8.94. The molecular formula is C14H12N2O2. The molecule has 2 aromatic rings. The second kappa shape index (κ2) is 5.69. The first-order valence-corrected chi connectivity index (χ1v) is 5.59. The summed E-state index contributed by atoms with van der Waals surface area (Å²) in [6.45, 7) is 2.51. The Hall–Kier alpha value is -2.54. The zero-order chi connectivity index (χ0) is 12.8. The van der Waals surface area contributed by atoms with E-state index in [9.17, 15) is 0 Å². The molecule has 0 saturated heterocycles. The van der Waals surface area contributed by atoms with Crippen LogP contribution in [0.5, 0.6) is 17.4 Å². The van der Waals surface area contributed by atoms with Crippen LogP contribution in [0.1, 0.15) is 12.5 Å². The molecule has 0 unspecified atom stereocenters. The highest BCUT2D eigenvalue weighted by Crippen LogP contribution is 2.25. The number of hydrogen-bond donors (Lipinski definition) is 0. The quantitative estimate of drug-likeness (QED) is 0.823. The van der Waals surface area contributed by atoms with Crippen LogP contribution in [0.2, 0.25) is 0 Å². The van der Waals surface area contributed by atoms with Gasteiger partial charge in [0.15, 0.2) is 0 Å². The molecule has 1 heterocycles. The Morgan fingerprint density at radius 1 is 1.22 bits per heavy atom. The summed E-state index contributed by atoms with van der Waals surface area (Å²) in [6.07, 6.45) is 1.59. The summed E-state index contributed by atoms with van der Waals surface area (Å²) in [6, 6.07) is 12.6. The minimum absolute atomic E-state index is 0.300. The molecule has 4 nitrogen and oxygen atoms in total. The van der Waals surface area contributed by atoms with Gasteiger partial charge in [0.05, 0.1) is 6.61 Å². The Morgan fingerprint density at radius 2 is 2.06 bits per heavy atom. The van der Waals surface area contributed by atoms with Crippen molar-refractivity contribution in [2.75, 3.05) is 6.61 Å². The minimum atomic E-state index is 0.300. The predicted molar refractivity (Wildman–Crippen MR) is 66.6 cm³/mol. The van der Waals surface area contributed by atoms with Crippen molar-refractivity contribution in [2.24, 2.45) is 0 Å². The maximum Gasteiger partial charge on any atom is 0.237 e. The molecule has 0 radical (unpaired) electrons. The number of benzene rings is 1. The van der Waals surface area contributed by atoms with E-state index >= 15 is 0 Å². The van der Waals surface area contributed by atoms with Gasteiger partial charge >= 0.3 is 0 Å². The van der Waals surface area contributed by atoms with Crippen molar-refractivity contribution < 1.29 is 9.47 Å². The SMILES string of the molecule is CCOc1cccc(Oc2ncccc2C#N)c1. The van der Waals surface area contributed by atoms with Crippen molar-refractivity contribution in [2.45, 2.75) is 6.92 Å². The fraction of sp³-hybridized carbons (Fsp3) is 0.143. The largest absolute Gasteiger partial charge is 0.494 e. The third-order valence-corrected chi connectivity index (χ3v) is 2.22. The fourth-order valence-corrected chi connectivity index (χ4v) is 1.46. The van der Waals surface area contributed by atoms with Crippen LogP contribution >= 0.6 is 0 Å². The lowest BCUT2D eigenvalue weighted by Gasteiger charge is -2.08. The van der Waals surface area contributed by atoms with E-state index in [1.807, 2.05) is 25.1 Å². The molecule has 0 aliphatic heterocycles. The van der Waals surface area contributed by atoms with E-state index in [-0.39, 0.29) is 0 Å². The minimum Gasteiger partial charge on any atom is -0.494 e. The molecule has 0 bridgehead atoms. The predicted octanol–water partition coefficient (Wildman–Crippen LogP) is 3.14. The van der Waals surface area contributed by atoms with Crippen LogP contribution in [-0.4, -0.2) is 11.6 Å². The molecule has 1 aromatic carbocycles. The van der Waals surface area contributed by atoms with E-state index < -0.39 is 0 Å². The summed E-state index contributed by atoms with van der Waals surface area (Å²) < 4.78 is 10.9. The zero-order valence-corrected chi connectivity index (χ0v) is 9.96. The van der Waals surface area contributed by atoms with Crippen LogP contribution in [-0.2, 0) is 0 Å². The average Bonchev–Trinajstić information content (AvgIpc) is 2.40. The summed E-state index contributed by atoms with van der Waals surface area (Å²) in [4.78, 5) is 4.03. The molecule has 0 saturated carbocycles. The van der Waals surface area contributed by atoms with Crippen LogP contribution in [0.3, 0.4) is 0 Å². The monoisotopic (exact) mass is 240 g/mol. The third-order valence-electron chi connectivity index (χ3n) is 2.22. The van der Waals surface area contributed by atoms with Crippen LogP contribution in [0.4, 0.5) is 0 Å². The molecule has 0 spiro atoms. The Kier molecular flexibility index (Phi) is 3.77. The van der Waals surface area contributed by atoms with Crippen LogP contribution < -0.4 is 9.47 Å². The first-order valence-electron chi connectivity index (χ1n) is 5.59. The highest BCUT2D eigenvalue weighted by Gasteiger charge is 2.05. The van der Waals surface area contributed by atoms with Gasteiger partial charge in [-0.3, -0.25) is 0 Å². The molecule has 0 aliphatic rings. The second-order valence-electron chi connectivity index (χ2n) is 3.48. The molecule has 4 heteroatoms. The third kappa shape index (κ3) is 2.77. The van der Waals surface area contributed by atoms with E-state index in [1.165, 1.54) is 0 Å². The number of nitrogens with zero attached hydrogens (tertiary/aromatic N) is 2. The zero-order valence-electron chi connectivity index (χ0n) is 9.96. The first-order chi connectivity index (χ1) is 8.83. The summed E-state index contributed by atoms with van der Waals surface area (Å²) in [7, 11) is 0. The topological polar surface area (TPSA) is 55.1 Å². The molecule has 0 aliphatic carbocycles. The van der Waals surface area contributed by atoms with Gasteiger partial charge in [-0.25, -0.2) is 4.98 Å². The van der Waals surface area contributed by atoms with Gasteiger partial charge in [0.25, 0.3) is 0 Å². The molecule has 0 amide bonds. The molecule has 90 valence electrons. The smallest absolute Gasteiger partial charge is 0.237 e. The molecule has 18 heavy (non-hydrogen) atoms. The van der Waals surface area contributed by atoms with E-state index in [0.717, 1.165) is 5.75 Å². The lowest BCUT2D eigenvalue weighted by molar-refractivity contribution is 0.338. The van der Waals surface area contributed by atoms with Gasteiger partial charge in [0.2, 0.25) is 5.88 Å². The molecule has 1 aromatic heterocycles. The Morgan fingerprint density at radius 3 is 2.83 bits per heavy atom. The van der Waals surface area contributed by atoms with Crippen molar-refractivity contribution in [3.05, 3.63) is 48.2 Å². The van der Waals surface area contributed by atoms with Gasteiger partial charge < -0.3 is 9.47 Å². The number of ether oxygens (including phenoxy) is 2. The molecule has 2 rings (SSSR count). The molecule has 0 fully saturated rings. The standard InChI is InChI=1S/C14H12N2O2/c1-2-17-12-6-3-7-13(9-12)18-14-11(10-15)5-4-8-16-14/h3-9H,2H2,1H3. The van der Waals surface area contributed by atoms with Gasteiger partial charge in [-0.2, -0.15) is 5.26 Å². The van der Waals surface area contributed by atoms with Crippen molar-refractivity contribution in [3.8, 4) is 23.4 Å². The Bertz CT molecular complexity index is 576. The summed E-state index contributed by atoms with van der Waals surface area (Å²) in [5.74, 6) is 1.62. The number of aromatic nitrogens is 1. The van der Waals surface area contributed by atoms with E-state index in [0.29, 0.717) is 23.8 Å². The van der Waals surface area contributed by atoms with Crippen LogP contribution in [0.25, 0.3) is 0 Å². The van der Waals surface area contributed by atoms with Crippen molar-refractivity contribution in [1.29, 1.82) is 5.26 Å². The van der Waals surface area contributed by atoms with E-state index in [4.69, 9.17) is 14.7 Å². The molecule has 0 atom stereocenters. The van der Waals surface area contributed by atoms with Crippen LogP contribution in [0, 0.1) is 11.3 Å². The normalized spacial score (nSPS) is 9.56. The van der Waals surface area contributed by atoms with Gasteiger partial charge in [-0.1, -0.05) is 6.07 Å². The number of nitriles is 1. The van der Waals surface area contributed by atoms with Crippen LogP contribution in [0.15, 0.2) is 42.6 Å². The average molecular weight is 240 g/mol.